The van der Waals surface area contributed by atoms with Crippen LogP contribution >= 0.6 is 0 Å². The smallest absolute Gasteiger partial charge is 0.0460 e. The first kappa shape index (κ1) is 9.04. The highest BCUT2D eigenvalue weighted by Gasteiger charge is 1.98. The molecule has 78 valence electrons. The van der Waals surface area contributed by atoms with Gasteiger partial charge in [-0.1, -0.05) is 24.3 Å². The zero-order chi connectivity index (χ0) is 10.8. The topological polar surface area (TPSA) is 31.6 Å². The lowest BCUT2D eigenvalue weighted by atomic mass is 10.1. The standard InChI is InChI=1S/C14H12N2/c1-2-6-14-13(5-1)11(10-16-14)7-8-12-4-3-9-15-12/h1-10,15-16H. The Balaban J connectivity index is 2.01. The van der Waals surface area contributed by atoms with E-state index in [0.29, 0.717) is 0 Å². The van der Waals surface area contributed by atoms with Crippen molar-refractivity contribution in [3.8, 4) is 0 Å². The van der Waals surface area contributed by atoms with E-state index in [-0.39, 0.29) is 0 Å². The predicted octanol–water partition coefficient (Wildman–Crippen LogP) is 3.67. The Hall–Kier alpha value is -2.22. The van der Waals surface area contributed by atoms with E-state index in [1.54, 1.807) is 0 Å². The number of aromatic amines is 2. The zero-order valence-corrected chi connectivity index (χ0v) is 8.77. The van der Waals surface area contributed by atoms with Crippen LogP contribution < -0.4 is 0 Å². The fourth-order valence-corrected chi connectivity index (χ4v) is 1.86. The molecule has 0 amide bonds. The minimum atomic E-state index is 1.12. The van der Waals surface area contributed by atoms with Crippen molar-refractivity contribution in [2.75, 3.05) is 0 Å². The molecular formula is C14H12N2. The first-order chi connectivity index (χ1) is 7.93. The quantitative estimate of drug-likeness (QED) is 0.644. The predicted molar refractivity (Wildman–Crippen MR) is 68.0 cm³/mol. The SMILES string of the molecule is C(=Cc1c[nH]c2ccccc12)c1ccc[nH]1. The first-order valence-corrected chi connectivity index (χ1v) is 5.31. The second kappa shape index (κ2) is 3.74. The lowest BCUT2D eigenvalue weighted by molar-refractivity contribution is 1.38. The highest BCUT2D eigenvalue weighted by atomic mass is 14.7. The second-order valence-electron chi connectivity index (χ2n) is 3.75. The van der Waals surface area contributed by atoms with Gasteiger partial charge in [0, 0.05) is 29.0 Å². The molecule has 2 nitrogen and oxygen atoms in total. The van der Waals surface area contributed by atoms with Crippen molar-refractivity contribution in [2.24, 2.45) is 0 Å². The van der Waals surface area contributed by atoms with Gasteiger partial charge in [-0.05, 0) is 29.8 Å². The number of para-hydroxylation sites is 1. The van der Waals surface area contributed by atoms with Gasteiger partial charge >= 0.3 is 0 Å². The number of benzene rings is 1. The summed E-state index contributed by atoms with van der Waals surface area (Å²) in [5.41, 5.74) is 3.50. The molecule has 0 fully saturated rings. The van der Waals surface area contributed by atoms with Crippen molar-refractivity contribution in [2.45, 2.75) is 0 Å². The van der Waals surface area contributed by atoms with Crippen LogP contribution in [0.15, 0.2) is 48.8 Å². The van der Waals surface area contributed by atoms with Crippen LogP contribution in [0.25, 0.3) is 23.1 Å². The summed E-state index contributed by atoms with van der Waals surface area (Å²) in [6.45, 7) is 0. The Morgan fingerprint density at radius 3 is 2.69 bits per heavy atom. The lowest BCUT2D eigenvalue weighted by Crippen LogP contribution is -1.69. The van der Waals surface area contributed by atoms with Gasteiger partial charge in [0.1, 0.15) is 0 Å². The van der Waals surface area contributed by atoms with Gasteiger partial charge in [-0.3, -0.25) is 0 Å². The molecule has 0 aliphatic heterocycles. The van der Waals surface area contributed by atoms with Crippen LogP contribution in [0.5, 0.6) is 0 Å². The molecule has 0 atom stereocenters. The molecule has 2 heterocycles. The Kier molecular flexibility index (Phi) is 2.11. The lowest BCUT2D eigenvalue weighted by Gasteiger charge is -1.90. The molecule has 0 aliphatic rings. The van der Waals surface area contributed by atoms with E-state index in [1.165, 1.54) is 16.5 Å². The second-order valence-corrected chi connectivity index (χ2v) is 3.75. The molecule has 0 spiro atoms. The van der Waals surface area contributed by atoms with Crippen molar-refractivity contribution in [3.63, 3.8) is 0 Å². The summed E-state index contributed by atoms with van der Waals surface area (Å²) in [6, 6.07) is 12.3. The maximum atomic E-state index is 3.26. The average Bonchev–Trinajstić information content (AvgIpc) is 2.96. The van der Waals surface area contributed by atoms with Gasteiger partial charge in [-0.15, -0.1) is 0 Å². The monoisotopic (exact) mass is 208 g/mol. The van der Waals surface area contributed by atoms with Gasteiger partial charge in [0.05, 0.1) is 0 Å². The fraction of sp³-hybridized carbons (Fsp3) is 0. The summed E-state index contributed by atoms with van der Waals surface area (Å²) in [7, 11) is 0. The van der Waals surface area contributed by atoms with E-state index in [2.05, 4.69) is 40.3 Å². The van der Waals surface area contributed by atoms with Crippen molar-refractivity contribution in [1.82, 2.24) is 9.97 Å². The van der Waals surface area contributed by atoms with Crippen LogP contribution in [-0.4, -0.2) is 9.97 Å². The Morgan fingerprint density at radius 2 is 1.81 bits per heavy atom. The Labute approximate surface area is 93.6 Å². The van der Waals surface area contributed by atoms with Crippen molar-refractivity contribution >= 4 is 23.1 Å². The maximum absolute atomic E-state index is 3.26. The summed E-state index contributed by atoms with van der Waals surface area (Å²) in [5, 5.41) is 1.25. The molecule has 0 unspecified atom stereocenters. The molecule has 0 bridgehead atoms. The highest BCUT2D eigenvalue weighted by molar-refractivity contribution is 5.91. The Bertz CT molecular complexity index is 615. The fourth-order valence-electron chi connectivity index (χ4n) is 1.86. The molecule has 3 aromatic rings. The average molecular weight is 208 g/mol. The molecule has 0 saturated heterocycles. The van der Waals surface area contributed by atoms with E-state index in [0.717, 1.165) is 5.69 Å². The molecule has 2 heteroatoms. The van der Waals surface area contributed by atoms with Crippen molar-refractivity contribution in [3.05, 3.63) is 60.0 Å². The van der Waals surface area contributed by atoms with Gasteiger partial charge in [0.15, 0.2) is 0 Å². The summed E-state index contributed by atoms with van der Waals surface area (Å²) in [6.07, 6.45) is 8.15. The van der Waals surface area contributed by atoms with Gasteiger partial charge in [-0.2, -0.15) is 0 Å². The van der Waals surface area contributed by atoms with E-state index in [9.17, 15) is 0 Å². The summed E-state index contributed by atoms with van der Waals surface area (Å²) in [5.74, 6) is 0. The minimum Gasteiger partial charge on any atom is -0.362 e. The molecule has 0 aliphatic carbocycles. The van der Waals surface area contributed by atoms with Crippen LogP contribution in [0, 0.1) is 0 Å². The third-order valence-electron chi connectivity index (χ3n) is 2.69. The minimum absolute atomic E-state index is 1.12. The molecule has 1 aromatic carbocycles. The third-order valence-corrected chi connectivity index (χ3v) is 2.69. The normalized spacial score (nSPS) is 11.5. The summed E-state index contributed by atoms with van der Waals surface area (Å²) in [4.78, 5) is 6.41. The zero-order valence-electron chi connectivity index (χ0n) is 8.77. The molecule has 2 N–H and O–H groups in total. The number of hydrogen-bond donors (Lipinski definition) is 2. The van der Waals surface area contributed by atoms with Crippen molar-refractivity contribution < 1.29 is 0 Å². The largest absolute Gasteiger partial charge is 0.362 e. The number of H-pyrrole nitrogens is 2. The summed E-state index contributed by atoms with van der Waals surface area (Å²) < 4.78 is 0. The van der Waals surface area contributed by atoms with Crippen LogP contribution in [0.1, 0.15) is 11.3 Å². The number of rotatable bonds is 2. The summed E-state index contributed by atoms with van der Waals surface area (Å²) >= 11 is 0. The molecule has 0 radical (unpaired) electrons. The van der Waals surface area contributed by atoms with Crippen LogP contribution in [0.4, 0.5) is 0 Å². The highest BCUT2D eigenvalue weighted by Crippen LogP contribution is 2.19. The number of fused-ring (bicyclic) bond motifs is 1. The van der Waals surface area contributed by atoms with Gasteiger partial charge < -0.3 is 9.97 Å². The van der Waals surface area contributed by atoms with E-state index < -0.39 is 0 Å². The van der Waals surface area contributed by atoms with E-state index in [1.807, 2.05) is 30.6 Å². The van der Waals surface area contributed by atoms with Gasteiger partial charge in [-0.25, -0.2) is 0 Å². The van der Waals surface area contributed by atoms with E-state index in [4.69, 9.17) is 0 Å². The molecule has 3 rings (SSSR count). The van der Waals surface area contributed by atoms with Crippen LogP contribution in [-0.2, 0) is 0 Å². The van der Waals surface area contributed by atoms with Crippen molar-refractivity contribution in [1.29, 1.82) is 0 Å². The number of nitrogens with one attached hydrogen (secondary N) is 2. The van der Waals surface area contributed by atoms with Gasteiger partial charge in [0.2, 0.25) is 0 Å². The third kappa shape index (κ3) is 1.54. The van der Waals surface area contributed by atoms with E-state index >= 15 is 0 Å². The van der Waals surface area contributed by atoms with Gasteiger partial charge in [0.25, 0.3) is 0 Å². The Morgan fingerprint density at radius 1 is 0.875 bits per heavy atom. The molecule has 2 aromatic heterocycles. The maximum Gasteiger partial charge on any atom is 0.0460 e. The first-order valence-electron chi connectivity index (χ1n) is 5.31. The number of aromatic nitrogens is 2. The van der Waals surface area contributed by atoms with Crippen LogP contribution in [0.2, 0.25) is 0 Å². The molecule has 0 saturated carbocycles. The number of hydrogen-bond acceptors (Lipinski definition) is 0. The molecular weight excluding hydrogens is 196 g/mol. The molecule has 16 heavy (non-hydrogen) atoms. The van der Waals surface area contributed by atoms with Crippen LogP contribution in [0.3, 0.4) is 0 Å².